The number of nitrogens with two attached hydrogens (primary N) is 4. The Labute approximate surface area is 288 Å². The van der Waals surface area contributed by atoms with Gasteiger partial charge in [0, 0.05) is 18.0 Å². The highest BCUT2D eigenvalue weighted by Crippen LogP contribution is 2.32. The van der Waals surface area contributed by atoms with Gasteiger partial charge in [-0.15, -0.1) is 0 Å². The molecule has 0 bridgehead atoms. The zero-order valence-electron chi connectivity index (χ0n) is 27.8. The number of aryl methyl sites for hydroxylation is 1. The maximum atomic E-state index is 14.0. The lowest BCUT2D eigenvalue weighted by Crippen LogP contribution is -2.54. The standard InChI is InChI=1S/C32H46N8O3.C2HF3O2/c33-28(34)24-16-13-22(14-17-24)20-25(23-10-5-2-6-11-23)30(42)40-27(18-15-21-8-3-1-4-9-21)31(43)39-26(29(35)41)12-7-19-38-32(36)37;3-2(4,5)1(6)7/h1,3-4,8-9,13-14,16-17,23,25-27H,2,5-7,10-12,15,18-20H2,(H3,33,34)(H2,35,41)(H,39,43)(H,40,42)(H4,36,37,38);(H,6,7)/t25-,26+,27+;/m1./s1. The fourth-order valence-electron chi connectivity index (χ4n) is 5.65. The lowest BCUT2D eigenvalue weighted by Gasteiger charge is -2.31. The fraction of sp³-hybridized carbons (Fsp3) is 0.471. The Kier molecular flexibility index (Phi) is 16.7. The first-order valence-corrected chi connectivity index (χ1v) is 16.3. The number of alkyl halides is 3. The molecule has 1 aliphatic rings. The lowest BCUT2D eigenvalue weighted by molar-refractivity contribution is -0.192. The molecule has 1 aliphatic carbocycles. The summed E-state index contributed by atoms with van der Waals surface area (Å²) >= 11 is 0. The zero-order chi connectivity index (χ0) is 37.3. The van der Waals surface area contributed by atoms with Crippen molar-refractivity contribution in [2.24, 2.45) is 39.8 Å². The number of nitrogen functional groups attached to an aromatic ring is 1. The van der Waals surface area contributed by atoms with E-state index in [1.165, 1.54) is 0 Å². The van der Waals surface area contributed by atoms with E-state index in [4.69, 9.17) is 38.2 Å². The summed E-state index contributed by atoms with van der Waals surface area (Å²) in [5, 5.41) is 20.6. The van der Waals surface area contributed by atoms with E-state index in [9.17, 15) is 27.6 Å². The summed E-state index contributed by atoms with van der Waals surface area (Å²) in [6.07, 6.45) is 2.22. The molecule has 1 saturated carbocycles. The summed E-state index contributed by atoms with van der Waals surface area (Å²) < 4.78 is 31.7. The van der Waals surface area contributed by atoms with E-state index in [2.05, 4.69) is 15.6 Å². The molecule has 0 heterocycles. The highest BCUT2D eigenvalue weighted by atomic mass is 19.4. The Morgan fingerprint density at radius 3 is 1.94 bits per heavy atom. The molecule has 2 aromatic carbocycles. The number of guanidine groups is 1. The van der Waals surface area contributed by atoms with Gasteiger partial charge in [-0.1, -0.05) is 73.9 Å². The van der Waals surface area contributed by atoms with Gasteiger partial charge in [-0.2, -0.15) is 13.2 Å². The monoisotopic (exact) mass is 704 g/mol. The van der Waals surface area contributed by atoms with E-state index < -0.39 is 36.0 Å². The summed E-state index contributed by atoms with van der Waals surface area (Å²) in [7, 11) is 0. The molecule has 0 saturated heterocycles. The van der Waals surface area contributed by atoms with Crippen molar-refractivity contribution in [1.82, 2.24) is 10.6 Å². The maximum Gasteiger partial charge on any atom is 0.490 e. The Morgan fingerprint density at radius 2 is 1.42 bits per heavy atom. The van der Waals surface area contributed by atoms with Crippen molar-refractivity contribution in [3.8, 4) is 0 Å². The van der Waals surface area contributed by atoms with E-state index >= 15 is 0 Å². The van der Waals surface area contributed by atoms with Crippen molar-refractivity contribution < 1.29 is 37.5 Å². The summed E-state index contributed by atoms with van der Waals surface area (Å²) in [6.45, 7) is 0.298. The van der Waals surface area contributed by atoms with Crippen LogP contribution in [0.25, 0.3) is 0 Å². The molecule has 3 rings (SSSR count). The van der Waals surface area contributed by atoms with Crippen LogP contribution in [0, 0.1) is 17.2 Å². The molecule has 0 unspecified atom stereocenters. The molecule has 2 aromatic rings. The normalized spacial score (nSPS) is 14.9. The number of halogens is 3. The number of amidine groups is 1. The molecule has 12 N–H and O–H groups in total. The van der Waals surface area contributed by atoms with Crippen LogP contribution in [-0.2, 0) is 32.0 Å². The van der Waals surface area contributed by atoms with Gasteiger partial charge in [0.2, 0.25) is 17.7 Å². The first kappa shape index (κ1) is 41.0. The number of hydrogen-bond acceptors (Lipinski definition) is 6. The van der Waals surface area contributed by atoms with Crippen molar-refractivity contribution in [3.63, 3.8) is 0 Å². The highest BCUT2D eigenvalue weighted by Gasteiger charge is 2.38. The van der Waals surface area contributed by atoms with Gasteiger partial charge in [-0.25, -0.2) is 4.79 Å². The van der Waals surface area contributed by atoms with Crippen LogP contribution in [0.4, 0.5) is 13.2 Å². The molecule has 274 valence electrons. The number of carbonyl (C=O) groups is 4. The molecule has 0 radical (unpaired) electrons. The van der Waals surface area contributed by atoms with Crippen LogP contribution in [0.1, 0.15) is 68.1 Å². The molecule has 16 heteroatoms. The number of aliphatic carboxylic acids is 1. The molecule has 0 spiro atoms. The maximum absolute atomic E-state index is 14.0. The molecule has 1 fully saturated rings. The highest BCUT2D eigenvalue weighted by molar-refractivity contribution is 5.95. The second-order valence-electron chi connectivity index (χ2n) is 12.1. The van der Waals surface area contributed by atoms with Gasteiger partial charge in [0.25, 0.3) is 0 Å². The number of carbonyl (C=O) groups excluding carboxylic acids is 3. The minimum Gasteiger partial charge on any atom is -0.475 e. The smallest absolute Gasteiger partial charge is 0.475 e. The molecule has 50 heavy (non-hydrogen) atoms. The average molecular weight is 705 g/mol. The number of carboxylic acids is 1. The number of amides is 3. The molecule has 13 nitrogen and oxygen atoms in total. The van der Waals surface area contributed by atoms with Crippen molar-refractivity contribution >= 4 is 35.5 Å². The second-order valence-corrected chi connectivity index (χ2v) is 12.1. The zero-order valence-corrected chi connectivity index (χ0v) is 27.8. The number of carboxylic acid groups (broad SMARTS) is 1. The number of rotatable bonds is 16. The van der Waals surface area contributed by atoms with E-state index in [0.717, 1.165) is 43.2 Å². The van der Waals surface area contributed by atoms with Crippen molar-refractivity contribution in [3.05, 3.63) is 71.3 Å². The first-order valence-electron chi connectivity index (χ1n) is 16.3. The van der Waals surface area contributed by atoms with Crippen LogP contribution in [-0.4, -0.2) is 65.4 Å². The van der Waals surface area contributed by atoms with Crippen LogP contribution in [0.15, 0.2) is 59.6 Å². The van der Waals surface area contributed by atoms with Crippen molar-refractivity contribution in [1.29, 1.82) is 5.41 Å². The Morgan fingerprint density at radius 1 is 0.840 bits per heavy atom. The molecular formula is C34H47F3N8O5. The minimum atomic E-state index is -5.08. The topological polar surface area (TPSA) is 253 Å². The van der Waals surface area contributed by atoms with Crippen molar-refractivity contribution in [2.75, 3.05) is 6.54 Å². The Hall–Kier alpha value is -5.15. The summed E-state index contributed by atoms with van der Waals surface area (Å²) in [5.41, 5.74) is 24.6. The predicted octanol–water partition coefficient (Wildman–Crippen LogP) is 2.48. The minimum absolute atomic E-state index is 0.00843. The first-order chi connectivity index (χ1) is 23.6. The number of benzene rings is 2. The number of primary amides is 1. The van der Waals surface area contributed by atoms with Gasteiger partial charge >= 0.3 is 12.1 Å². The van der Waals surface area contributed by atoms with Crippen LogP contribution in [0.2, 0.25) is 0 Å². The second kappa shape index (κ2) is 20.4. The third kappa shape index (κ3) is 15.0. The average Bonchev–Trinajstić information content (AvgIpc) is 3.07. The van der Waals surface area contributed by atoms with E-state index in [1.54, 1.807) is 12.1 Å². The Balaban J connectivity index is 0.00000112. The number of nitrogens with zero attached hydrogens (tertiary/aromatic N) is 1. The lowest BCUT2D eigenvalue weighted by atomic mass is 9.76. The van der Waals surface area contributed by atoms with Crippen LogP contribution in [0.3, 0.4) is 0 Å². The molecular weight excluding hydrogens is 657 g/mol. The quantitative estimate of drug-likeness (QED) is 0.0730. The number of aliphatic imine (C=N–C) groups is 1. The Bertz CT molecular complexity index is 1450. The van der Waals surface area contributed by atoms with Crippen LogP contribution in [0.5, 0.6) is 0 Å². The molecule has 0 aromatic heterocycles. The van der Waals surface area contributed by atoms with E-state index in [0.29, 0.717) is 37.8 Å². The summed E-state index contributed by atoms with van der Waals surface area (Å²) in [4.78, 5) is 52.5. The van der Waals surface area contributed by atoms with Crippen molar-refractivity contribution in [2.45, 2.75) is 82.5 Å². The third-order valence-corrected chi connectivity index (χ3v) is 8.32. The van der Waals surface area contributed by atoms with Gasteiger partial charge in [0.05, 0.1) is 0 Å². The third-order valence-electron chi connectivity index (χ3n) is 8.32. The molecule has 3 amide bonds. The predicted molar refractivity (Wildman–Crippen MR) is 183 cm³/mol. The number of nitrogens with one attached hydrogen (secondary N) is 3. The number of hydrogen-bond donors (Lipinski definition) is 8. The van der Waals surface area contributed by atoms with E-state index in [1.807, 2.05) is 42.5 Å². The van der Waals surface area contributed by atoms with Gasteiger partial charge in [0.15, 0.2) is 5.96 Å². The van der Waals surface area contributed by atoms with Gasteiger partial charge in [0.1, 0.15) is 17.9 Å². The van der Waals surface area contributed by atoms with Crippen LogP contribution >= 0.6 is 0 Å². The van der Waals surface area contributed by atoms with Gasteiger partial charge < -0.3 is 38.7 Å². The molecule has 3 atom stereocenters. The summed E-state index contributed by atoms with van der Waals surface area (Å²) in [5.74, 6) is -4.26. The largest absolute Gasteiger partial charge is 0.490 e. The SMILES string of the molecule is N=C(N)c1ccc(C[C@@H](C(=O)N[C@@H](CCc2ccccc2)C(=O)N[C@@H](CCCN=C(N)N)C(N)=O)C2CCCCC2)cc1.O=C(O)C(F)(F)F. The van der Waals surface area contributed by atoms with Gasteiger partial charge in [-0.05, 0) is 62.0 Å². The molecule has 0 aliphatic heterocycles. The van der Waals surface area contributed by atoms with Gasteiger partial charge in [-0.3, -0.25) is 24.8 Å². The van der Waals surface area contributed by atoms with E-state index in [-0.39, 0.29) is 36.0 Å². The fourth-order valence-corrected chi connectivity index (χ4v) is 5.65. The van der Waals surface area contributed by atoms with Crippen LogP contribution < -0.4 is 33.6 Å². The summed E-state index contributed by atoms with van der Waals surface area (Å²) in [6, 6.07) is 15.3.